The lowest BCUT2D eigenvalue weighted by Crippen LogP contribution is -2.41. The van der Waals surface area contributed by atoms with E-state index in [9.17, 15) is 9.90 Å². The van der Waals surface area contributed by atoms with Gasteiger partial charge >= 0.3 is 0 Å². The van der Waals surface area contributed by atoms with Crippen LogP contribution in [0.1, 0.15) is 64.7 Å². The lowest BCUT2D eigenvalue weighted by molar-refractivity contribution is 0.0440. The van der Waals surface area contributed by atoms with E-state index in [2.05, 4.69) is 15.0 Å². The van der Waals surface area contributed by atoms with Gasteiger partial charge in [0.2, 0.25) is 11.7 Å². The highest BCUT2D eigenvalue weighted by Gasteiger charge is 2.39. The van der Waals surface area contributed by atoms with E-state index in [0.717, 1.165) is 28.2 Å². The Morgan fingerprint density at radius 3 is 2.87 bits per heavy atom. The molecule has 9 nitrogen and oxygen atoms in total. The van der Waals surface area contributed by atoms with Gasteiger partial charge in [-0.2, -0.15) is 5.10 Å². The van der Waals surface area contributed by atoms with Gasteiger partial charge in [0, 0.05) is 24.9 Å². The lowest BCUT2D eigenvalue weighted by Gasteiger charge is -2.33. The highest BCUT2D eigenvalue weighted by atomic mass is 16.4. The van der Waals surface area contributed by atoms with Gasteiger partial charge in [0.15, 0.2) is 0 Å². The first-order chi connectivity index (χ1) is 14.7. The predicted molar refractivity (Wildman–Crippen MR) is 112 cm³/mol. The molecule has 4 aromatic heterocycles. The van der Waals surface area contributed by atoms with Crippen LogP contribution in [0.4, 0.5) is 0 Å². The number of H-pyrrole nitrogens is 1. The maximum absolute atomic E-state index is 13.6. The van der Waals surface area contributed by atoms with E-state index in [1.165, 1.54) is 0 Å². The fourth-order valence-corrected chi connectivity index (χ4v) is 4.09. The van der Waals surface area contributed by atoms with Crippen molar-refractivity contribution in [2.75, 3.05) is 6.54 Å². The number of pyridine rings is 1. The molecule has 0 unspecified atom stereocenters. The van der Waals surface area contributed by atoms with Crippen molar-refractivity contribution in [3.8, 4) is 0 Å². The molecule has 1 aliphatic heterocycles. The Morgan fingerprint density at radius 1 is 1.35 bits per heavy atom. The molecule has 1 aliphatic rings. The van der Waals surface area contributed by atoms with E-state index in [1.54, 1.807) is 32.0 Å². The monoisotopic (exact) mass is 420 g/mol. The molecular formula is C22H24N6O3. The maximum atomic E-state index is 13.6. The second-order valence-electron chi connectivity index (χ2n) is 8.50. The molecule has 9 heteroatoms. The largest absolute Gasteiger partial charge is 0.432 e. The van der Waals surface area contributed by atoms with Crippen molar-refractivity contribution in [1.29, 1.82) is 0 Å². The van der Waals surface area contributed by atoms with Gasteiger partial charge < -0.3 is 19.4 Å². The molecule has 1 atom stereocenters. The first-order valence-electron chi connectivity index (χ1n) is 10.2. The standard InChI is InChI=1S/C22H24N6O3/c1-12-6-5-8-28-16(12)10-15(26-28)18-17-14(23-11-24-17)7-9-27(18)20(29)19-13(2)25-21(31-19)22(3,4)30/h5-6,8,10-11,18,30H,7,9H2,1-4H3,(H,23,24)/t18-/m1/s1. The number of amides is 1. The molecule has 0 aliphatic carbocycles. The van der Waals surface area contributed by atoms with Crippen molar-refractivity contribution in [3.05, 3.63) is 70.7 Å². The zero-order valence-electron chi connectivity index (χ0n) is 17.9. The highest BCUT2D eigenvalue weighted by molar-refractivity contribution is 5.93. The molecule has 0 saturated heterocycles. The smallest absolute Gasteiger partial charge is 0.292 e. The first kappa shape index (κ1) is 19.5. The van der Waals surface area contributed by atoms with Gasteiger partial charge in [-0.1, -0.05) is 6.07 Å². The van der Waals surface area contributed by atoms with Crippen molar-refractivity contribution in [2.24, 2.45) is 0 Å². The minimum Gasteiger partial charge on any atom is -0.432 e. The predicted octanol–water partition coefficient (Wildman–Crippen LogP) is 2.68. The minimum absolute atomic E-state index is 0.116. The number of oxazole rings is 1. The van der Waals surface area contributed by atoms with Crippen LogP contribution in [0.2, 0.25) is 0 Å². The molecular weight excluding hydrogens is 396 g/mol. The summed E-state index contributed by atoms with van der Waals surface area (Å²) in [5, 5.41) is 15.0. The van der Waals surface area contributed by atoms with E-state index in [4.69, 9.17) is 9.52 Å². The van der Waals surface area contributed by atoms with Crippen LogP contribution < -0.4 is 0 Å². The van der Waals surface area contributed by atoms with Crippen molar-refractivity contribution >= 4 is 11.4 Å². The van der Waals surface area contributed by atoms with Crippen molar-refractivity contribution in [2.45, 2.75) is 45.8 Å². The molecule has 0 bridgehead atoms. The third-order valence-electron chi connectivity index (χ3n) is 5.71. The molecule has 0 radical (unpaired) electrons. The van der Waals surface area contributed by atoms with Crippen LogP contribution in [0.15, 0.2) is 35.1 Å². The summed E-state index contributed by atoms with van der Waals surface area (Å²) >= 11 is 0. The van der Waals surface area contributed by atoms with Gasteiger partial charge in [0.25, 0.3) is 5.91 Å². The van der Waals surface area contributed by atoms with Crippen LogP contribution in [-0.4, -0.2) is 47.0 Å². The van der Waals surface area contributed by atoms with E-state index in [1.807, 2.05) is 35.8 Å². The van der Waals surface area contributed by atoms with Gasteiger partial charge in [-0.3, -0.25) is 4.79 Å². The average molecular weight is 420 g/mol. The number of nitrogens with one attached hydrogen (secondary N) is 1. The maximum Gasteiger partial charge on any atom is 0.292 e. The van der Waals surface area contributed by atoms with Crippen molar-refractivity contribution in [1.82, 2.24) is 29.5 Å². The number of hydrogen-bond acceptors (Lipinski definition) is 6. The summed E-state index contributed by atoms with van der Waals surface area (Å²) in [5.74, 6) is -0.0558. The van der Waals surface area contributed by atoms with E-state index in [-0.39, 0.29) is 17.6 Å². The van der Waals surface area contributed by atoms with Crippen LogP contribution in [-0.2, 0) is 12.0 Å². The second kappa shape index (κ2) is 6.78. The van der Waals surface area contributed by atoms with Gasteiger partial charge in [-0.25, -0.2) is 14.5 Å². The number of aromatic amines is 1. The minimum atomic E-state index is -1.28. The molecule has 2 N–H and O–H groups in total. The number of hydrogen-bond donors (Lipinski definition) is 2. The topological polar surface area (TPSA) is 113 Å². The first-order valence-corrected chi connectivity index (χ1v) is 10.2. The Kier molecular flexibility index (Phi) is 4.26. The SMILES string of the molecule is Cc1nc(C(C)(C)O)oc1C(=O)N1CCc2[nH]cnc2[C@H]1c1cc2c(C)cccn2n1. The number of aliphatic hydroxyl groups is 1. The van der Waals surface area contributed by atoms with Crippen LogP contribution >= 0.6 is 0 Å². The summed E-state index contributed by atoms with van der Waals surface area (Å²) in [6.07, 6.45) is 4.19. The molecule has 5 heterocycles. The van der Waals surface area contributed by atoms with Crippen LogP contribution in [0.3, 0.4) is 0 Å². The molecule has 5 rings (SSSR count). The molecule has 160 valence electrons. The molecule has 0 aromatic carbocycles. The number of nitrogens with zero attached hydrogens (tertiary/aromatic N) is 5. The van der Waals surface area contributed by atoms with Crippen LogP contribution in [0.25, 0.3) is 5.52 Å². The number of aryl methyl sites for hydroxylation is 2. The number of carbonyl (C=O) groups excluding carboxylic acids is 1. The quantitative estimate of drug-likeness (QED) is 0.527. The zero-order chi connectivity index (χ0) is 21.9. The van der Waals surface area contributed by atoms with Gasteiger partial charge in [-0.15, -0.1) is 0 Å². The number of imidazole rings is 1. The molecule has 31 heavy (non-hydrogen) atoms. The lowest BCUT2D eigenvalue weighted by atomic mass is 9.99. The summed E-state index contributed by atoms with van der Waals surface area (Å²) in [4.78, 5) is 27.3. The Labute approximate surface area is 178 Å². The van der Waals surface area contributed by atoms with Gasteiger partial charge in [0.1, 0.15) is 11.6 Å². The van der Waals surface area contributed by atoms with Gasteiger partial charge in [-0.05, 0) is 45.4 Å². The Morgan fingerprint density at radius 2 is 2.16 bits per heavy atom. The third-order valence-corrected chi connectivity index (χ3v) is 5.71. The molecule has 0 fully saturated rings. The Bertz CT molecular complexity index is 1290. The number of fused-ring (bicyclic) bond motifs is 2. The zero-order valence-corrected chi connectivity index (χ0v) is 17.9. The Balaban J connectivity index is 1.61. The number of rotatable bonds is 3. The fraction of sp³-hybridized carbons (Fsp3) is 0.364. The summed E-state index contributed by atoms with van der Waals surface area (Å²) in [5.41, 5.74) is 3.75. The number of aromatic nitrogens is 5. The van der Waals surface area contributed by atoms with Crippen LogP contribution in [0.5, 0.6) is 0 Å². The van der Waals surface area contributed by atoms with E-state index >= 15 is 0 Å². The normalized spacial score (nSPS) is 16.7. The summed E-state index contributed by atoms with van der Waals surface area (Å²) in [6, 6.07) is 5.51. The third kappa shape index (κ3) is 3.12. The molecule has 0 spiro atoms. The molecule has 1 amide bonds. The van der Waals surface area contributed by atoms with Crippen molar-refractivity contribution < 1.29 is 14.3 Å². The fourth-order valence-electron chi connectivity index (χ4n) is 4.09. The summed E-state index contributed by atoms with van der Waals surface area (Å²) in [7, 11) is 0. The summed E-state index contributed by atoms with van der Waals surface area (Å²) in [6.45, 7) is 7.36. The van der Waals surface area contributed by atoms with E-state index in [0.29, 0.717) is 18.7 Å². The van der Waals surface area contributed by atoms with Gasteiger partial charge in [0.05, 0.1) is 28.9 Å². The van der Waals surface area contributed by atoms with Crippen LogP contribution in [0, 0.1) is 13.8 Å². The van der Waals surface area contributed by atoms with E-state index < -0.39 is 11.6 Å². The summed E-state index contributed by atoms with van der Waals surface area (Å²) < 4.78 is 7.54. The average Bonchev–Trinajstić information content (AvgIpc) is 3.44. The Hall–Kier alpha value is -3.46. The highest BCUT2D eigenvalue weighted by Crippen LogP contribution is 2.35. The molecule has 0 saturated carbocycles. The molecule has 4 aromatic rings. The number of carbonyl (C=O) groups is 1. The second-order valence-corrected chi connectivity index (χ2v) is 8.50. The van der Waals surface area contributed by atoms with Crippen molar-refractivity contribution in [3.63, 3.8) is 0 Å².